The second-order valence-corrected chi connectivity index (χ2v) is 7.13. The fraction of sp³-hybridized carbons (Fsp3) is 0.400. The fourth-order valence-electron chi connectivity index (χ4n) is 2.40. The highest BCUT2D eigenvalue weighted by Gasteiger charge is 2.14. The Labute approximate surface area is 168 Å². The number of carbonyl (C=O) groups excluding carboxylic acids is 2. The number of rotatable bonds is 10. The fourth-order valence-corrected chi connectivity index (χ4v) is 3.10. The molecule has 1 heterocycles. The predicted octanol–water partition coefficient (Wildman–Crippen LogP) is 3.41. The van der Waals surface area contributed by atoms with Crippen LogP contribution in [0.5, 0.6) is 0 Å². The van der Waals surface area contributed by atoms with E-state index < -0.39 is 5.97 Å². The van der Waals surface area contributed by atoms with E-state index in [-0.39, 0.29) is 17.2 Å². The summed E-state index contributed by atoms with van der Waals surface area (Å²) in [5.41, 5.74) is 1.19. The van der Waals surface area contributed by atoms with E-state index in [2.05, 4.69) is 22.2 Å². The number of nitrogens with zero attached hydrogens (tertiary/aromatic N) is 1. The van der Waals surface area contributed by atoms with E-state index >= 15 is 0 Å². The summed E-state index contributed by atoms with van der Waals surface area (Å²) in [6.45, 7) is 4.31. The molecule has 2 N–H and O–H groups in total. The molecule has 0 saturated carbocycles. The first-order chi connectivity index (χ1) is 13.5. The zero-order valence-corrected chi connectivity index (χ0v) is 16.9. The molecule has 1 aromatic carbocycles. The summed E-state index contributed by atoms with van der Waals surface area (Å²) in [4.78, 5) is 43.2. The van der Waals surface area contributed by atoms with E-state index in [1.165, 1.54) is 6.07 Å². The number of H-pyrrole nitrogens is 1. The average molecular weight is 404 g/mol. The number of carbonyl (C=O) groups is 2. The number of aromatic nitrogens is 2. The van der Waals surface area contributed by atoms with Crippen LogP contribution in [-0.2, 0) is 16.0 Å². The maximum atomic E-state index is 12.3. The minimum absolute atomic E-state index is 0.0541. The number of nitrogens with one attached hydrogen (secondary N) is 2. The number of benzene rings is 1. The van der Waals surface area contributed by atoms with E-state index in [0.717, 1.165) is 43.1 Å². The molecule has 0 aliphatic carbocycles. The number of thioether (sulfide) groups is 1. The molecule has 150 valence electrons. The van der Waals surface area contributed by atoms with Crippen molar-refractivity contribution in [2.75, 3.05) is 17.7 Å². The Bertz CT molecular complexity index is 867. The molecule has 2 aromatic rings. The first kappa shape index (κ1) is 21.7. The number of aromatic amines is 1. The van der Waals surface area contributed by atoms with Crippen LogP contribution in [0, 0.1) is 0 Å². The van der Waals surface area contributed by atoms with Crippen molar-refractivity contribution in [2.45, 2.75) is 44.7 Å². The van der Waals surface area contributed by atoms with Gasteiger partial charge in [0, 0.05) is 11.8 Å². The summed E-state index contributed by atoms with van der Waals surface area (Å²) in [7, 11) is 0. The van der Waals surface area contributed by atoms with Gasteiger partial charge in [0.25, 0.3) is 5.56 Å². The number of hydrogen-bond donors (Lipinski definition) is 2. The zero-order chi connectivity index (χ0) is 20.4. The summed E-state index contributed by atoms with van der Waals surface area (Å²) in [6, 6.07) is 8.19. The average Bonchev–Trinajstić information content (AvgIpc) is 2.69. The molecule has 1 aromatic heterocycles. The predicted molar refractivity (Wildman–Crippen MR) is 110 cm³/mol. The van der Waals surface area contributed by atoms with Gasteiger partial charge in [0.05, 0.1) is 23.6 Å². The second-order valence-electron chi connectivity index (χ2n) is 6.16. The summed E-state index contributed by atoms with van der Waals surface area (Å²) in [6.07, 6.45) is 3.41. The number of para-hydroxylation sites is 1. The highest BCUT2D eigenvalue weighted by Crippen LogP contribution is 2.18. The van der Waals surface area contributed by atoms with Gasteiger partial charge >= 0.3 is 5.97 Å². The van der Waals surface area contributed by atoms with Crippen LogP contribution in [0.25, 0.3) is 0 Å². The minimum Gasteiger partial charge on any atom is -0.462 e. The van der Waals surface area contributed by atoms with Crippen molar-refractivity contribution < 1.29 is 14.3 Å². The lowest BCUT2D eigenvalue weighted by molar-refractivity contribution is -0.113. The highest BCUT2D eigenvalue weighted by atomic mass is 32.2. The number of aryl methyl sites for hydroxylation is 1. The van der Waals surface area contributed by atoms with Gasteiger partial charge in [-0.25, -0.2) is 9.78 Å². The number of amides is 1. The Morgan fingerprint density at radius 3 is 2.75 bits per heavy atom. The van der Waals surface area contributed by atoms with Crippen molar-refractivity contribution in [3.05, 3.63) is 51.9 Å². The number of esters is 1. The molecule has 0 aliphatic rings. The smallest absolute Gasteiger partial charge is 0.340 e. The van der Waals surface area contributed by atoms with Gasteiger partial charge in [0.2, 0.25) is 5.91 Å². The van der Waals surface area contributed by atoms with Crippen LogP contribution in [0.1, 0.15) is 49.2 Å². The van der Waals surface area contributed by atoms with E-state index in [1.807, 2.05) is 6.92 Å². The lowest BCUT2D eigenvalue weighted by Gasteiger charge is -2.10. The molecule has 2 rings (SSSR count). The molecule has 0 atom stereocenters. The Morgan fingerprint density at radius 2 is 2.00 bits per heavy atom. The normalized spacial score (nSPS) is 10.5. The monoisotopic (exact) mass is 403 g/mol. The van der Waals surface area contributed by atoms with Crippen LogP contribution in [0.15, 0.2) is 40.3 Å². The maximum Gasteiger partial charge on any atom is 0.340 e. The molecule has 0 fully saturated rings. The third-order valence-electron chi connectivity index (χ3n) is 3.76. The van der Waals surface area contributed by atoms with E-state index in [1.54, 1.807) is 24.3 Å². The number of anilines is 1. The van der Waals surface area contributed by atoms with E-state index in [0.29, 0.717) is 23.0 Å². The van der Waals surface area contributed by atoms with Crippen LogP contribution in [0.4, 0.5) is 5.69 Å². The van der Waals surface area contributed by atoms with Crippen molar-refractivity contribution >= 4 is 29.3 Å². The zero-order valence-electron chi connectivity index (χ0n) is 16.1. The Kier molecular flexibility index (Phi) is 8.74. The highest BCUT2D eigenvalue weighted by molar-refractivity contribution is 7.99. The second kappa shape index (κ2) is 11.3. The quantitative estimate of drug-likeness (QED) is 0.358. The molecule has 0 aliphatic heterocycles. The number of unbranched alkanes of at least 4 members (excludes halogenated alkanes) is 1. The standard InChI is InChI=1S/C20H25N3O4S/c1-3-5-8-14-12-17(24)23-20(21-14)28-13-18(25)22-16-10-7-6-9-15(16)19(26)27-11-4-2/h6-7,9-10,12H,3-5,8,11,13H2,1-2H3,(H,22,25)(H,21,23,24). The number of ether oxygens (including phenoxy) is 1. The van der Waals surface area contributed by atoms with Crippen LogP contribution in [0.3, 0.4) is 0 Å². The van der Waals surface area contributed by atoms with Crippen molar-refractivity contribution in [3.8, 4) is 0 Å². The van der Waals surface area contributed by atoms with Crippen molar-refractivity contribution in [3.63, 3.8) is 0 Å². The first-order valence-electron chi connectivity index (χ1n) is 9.32. The first-order valence-corrected chi connectivity index (χ1v) is 10.3. The van der Waals surface area contributed by atoms with Gasteiger partial charge in [-0.3, -0.25) is 9.59 Å². The van der Waals surface area contributed by atoms with Gasteiger partial charge in [0.1, 0.15) is 0 Å². The summed E-state index contributed by atoms with van der Waals surface area (Å²) in [5.74, 6) is -0.721. The summed E-state index contributed by atoms with van der Waals surface area (Å²) < 4.78 is 5.14. The van der Waals surface area contributed by atoms with E-state index in [4.69, 9.17) is 4.74 Å². The topological polar surface area (TPSA) is 101 Å². The van der Waals surface area contributed by atoms with Crippen LogP contribution in [-0.4, -0.2) is 34.2 Å². The largest absolute Gasteiger partial charge is 0.462 e. The van der Waals surface area contributed by atoms with Gasteiger partial charge < -0.3 is 15.0 Å². The molecule has 0 spiro atoms. The summed E-state index contributed by atoms with van der Waals surface area (Å²) in [5, 5.41) is 3.13. The van der Waals surface area contributed by atoms with Gasteiger partial charge in [-0.05, 0) is 31.4 Å². The molecule has 0 bridgehead atoms. The van der Waals surface area contributed by atoms with Gasteiger partial charge in [0.15, 0.2) is 5.16 Å². The lowest BCUT2D eigenvalue weighted by Crippen LogP contribution is -2.18. The van der Waals surface area contributed by atoms with Crippen molar-refractivity contribution in [1.82, 2.24) is 9.97 Å². The Morgan fingerprint density at radius 1 is 1.21 bits per heavy atom. The van der Waals surface area contributed by atoms with Gasteiger partial charge in [-0.1, -0.05) is 44.2 Å². The molecule has 7 nitrogen and oxygen atoms in total. The van der Waals surface area contributed by atoms with Crippen molar-refractivity contribution in [1.29, 1.82) is 0 Å². The number of hydrogen-bond acceptors (Lipinski definition) is 6. The van der Waals surface area contributed by atoms with Crippen LogP contribution in [0.2, 0.25) is 0 Å². The minimum atomic E-state index is -0.472. The third kappa shape index (κ3) is 6.84. The maximum absolute atomic E-state index is 12.3. The molecular weight excluding hydrogens is 378 g/mol. The van der Waals surface area contributed by atoms with Crippen LogP contribution >= 0.6 is 11.8 Å². The van der Waals surface area contributed by atoms with E-state index in [9.17, 15) is 14.4 Å². The molecule has 0 saturated heterocycles. The molecule has 0 radical (unpaired) electrons. The molecular formula is C20H25N3O4S. The third-order valence-corrected chi connectivity index (χ3v) is 4.63. The Balaban J connectivity index is 1.99. The molecule has 1 amide bonds. The van der Waals surface area contributed by atoms with Crippen molar-refractivity contribution in [2.24, 2.45) is 0 Å². The Hall–Kier alpha value is -2.61. The molecule has 8 heteroatoms. The SMILES string of the molecule is CCCCc1cc(=O)[nH]c(SCC(=O)Nc2ccccc2C(=O)OCCC)n1. The summed E-state index contributed by atoms with van der Waals surface area (Å²) >= 11 is 1.14. The molecule has 28 heavy (non-hydrogen) atoms. The lowest BCUT2D eigenvalue weighted by atomic mass is 10.2. The van der Waals surface area contributed by atoms with Gasteiger partial charge in [-0.2, -0.15) is 0 Å². The van der Waals surface area contributed by atoms with Crippen LogP contribution < -0.4 is 10.9 Å². The molecule has 0 unspecified atom stereocenters. The van der Waals surface area contributed by atoms with Gasteiger partial charge in [-0.15, -0.1) is 0 Å².